The summed E-state index contributed by atoms with van der Waals surface area (Å²) in [4.78, 5) is 52.1. The van der Waals surface area contributed by atoms with E-state index in [1.165, 1.54) is 35.5 Å². The van der Waals surface area contributed by atoms with Crippen molar-refractivity contribution in [1.82, 2.24) is 14.9 Å². The van der Waals surface area contributed by atoms with Crippen LogP contribution in [-0.2, 0) is 27.3 Å². The molecule has 2 heterocycles. The second kappa shape index (κ2) is 12.6. The maximum absolute atomic E-state index is 13.1. The lowest BCUT2D eigenvalue weighted by molar-refractivity contribution is -0.118. The molecule has 0 radical (unpaired) electrons. The number of nitrogens with two attached hydrogens (primary N) is 1. The van der Waals surface area contributed by atoms with Crippen LogP contribution in [0.4, 0.5) is 10.5 Å². The van der Waals surface area contributed by atoms with E-state index in [2.05, 4.69) is 40.3 Å². The van der Waals surface area contributed by atoms with Gasteiger partial charge in [-0.2, -0.15) is 0 Å². The minimum Gasteiger partial charge on any atom is -0.453 e. The summed E-state index contributed by atoms with van der Waals surface area (Å²) in [5, 5.41) is 6.13. The molecule has 1 unspecified atom stereocenters. The number of nitrogens with zero attached hydrogens (tertiary/aromatic N) is 1. The lowest BCUT2D eigenvalue weighted by Gasteiger charge is -2.17. The Hall–Kier alpha value is -4.34. The number of para-hydroxylation sites is 1. The number of carbonyl (C=O) groups excluding carboxylic acids is 3. The maximum Gasteiger partial charge on any atom is 0.407 e. The molecule has 0 aliphatic heterocycles. The number of benzene rings is 1. The van der Waals surface area contributed by atoms with Crippen LogP contribution >= 0.6 is 0 Å². The van der Waals surface area contributed by atoms with E-state index in [0.29, 0.717) is 18.9 Å². The van der Waals surface area contributed by atoms with Crippen LogP contribution in [0.3, 0.4) is 0 Å². The largest absolute Gasteiger partial charge is 0.453 e. The molecule has 3 aromatic rings. The van der Waals surface area contributed by atoms with E-state index in [0.717, 1.165) is 23.0 Å². The van der Waals surface area contributed by atoms with Crippen molar-refractivity contribution >= 4 is 34.5 Å². The lowest BCUT2D eigenvalue weighted by atomic mass is 10.0. The molecule has 0 aliphatic carbocycles. The first-order chi connectivity index (χ1) is 17.7. The molecule has 3 amide bonds. The maximum atomic E-state index is 13.1. The highest BCUT2D eigenvalue weighted by molar-refractivity contribution is 5.96. The summed E-state index contributed by atoms with van der Waals surface area (Å²) in [6.45, 7) is 4.64. The number of alkyl carbamates (subject to hydrolysis) is 1. The Bertz CT molecular complexity index is 1350. The van der Waals surface area contributed by atoms with Crippen molar-refractivity contribution in [3.63, 3.8) is 0 Å². The third-order valence-electron chi connectivity index (χ3n) is 5.74. The molecule has 0 saturated heterocycles. The molecule has 0 aliphatic rings. The van der Waals surface area contributed by atoms with Crippen molar-refractivity contribution in [2.75, 3.05) is 12.4 Å². The molecule has 10 heteroatoms. The van der Waals surface area contributed by atoms with Gasteiger partial charge in [0.25, 0.3) is 5.56 Å². The number of methoxy groups -OCH3 is 1. The Balaban J connectivity index is 1.78. The Morgan fingerprint density at radius 2 is 1.97 bits per heavy atom. The number of ether oxygens (including phenoxy) is 1. The van der Waals surface area contributed by atoms with Gasteiger partial charge in [0.1, 0.15) is 11.7 Å². The predicted octanol–water partition coefficient (Wildman–Crippen LogP) is 3.06. The van der Waals surface area contributed by atoms with E-state index >= 15 is 0 Å². The third-order valence-corrected chi connectivity index (χ3v) is 5.74. The zero-order valence-electron chi connectivity index (χ0n) is 21.2. The molecule has 0 saturated carbocycles. The van der Waals surface area contributed by atoms with E-state index < -0.39 is 23.9 Å². The smallest absolute Gasteiger partial charge is 0.407 e. The number of aromatic nitrogens is 2. The number of H-pyrrole nitrogens is 1. The molecule has 10 nitrogen and oxygen atoms in total. The summed E-state index contributed by atoms with van der Waals surface area (Å²) < 4.78 is 6.10. The highest BCUT2D eigenvalue weighted by atomic mass is 16.5. The number of rotatable bonds is 11. The molecule has 0 spiro atoms. The minimum absolute atomic E-state index is 0.0773. The summed E-state index contributed by atoms with van der Waals surface area (Å²) in [5.41, 5.74) is 7.91. The summed E-state index contributed by atoms with van der Waals surface area (Å²) in [6, 6.07) is 10.4. The second-order valence-corrected chi connectivity index (χ2v) is 9.19. The average Bonchev–Trinajstić information content (AvgIpc) is 3.26. The molecule has 196 valence electrons. The van der Waals surface area contributed by atoms with Crippen molar-refractivity contribution in [3.8, 4) is 0 Å². The van der Waals surface area contributed by atoms with Crippen LogP contribution < -0.4 is 21.9 Å². The number of hydrogen-bond donors (Lipinski definition) is 4. The Morgan fingerprint density at radius 3 is 2.68 bits per heavy atom. The Morgan fingerprint density at radius 1 is 1.19 bits per heavy atom. The van der Waals surface area contributed by atoms with Crippen LogP contribution in [-0.4, -0.2) is 40.6 Å². The van der Waals surface area contributed by atoms with E-state index in [4.69, 9.17) is 5.73 Å². The van der Waals surface area contributed by atoms with Gasteiger partial charge in [-0.1, -0.05) is 38.1 Å². The topological polar surface area (TPSA) is 148 Å². The zero-order valence-corrected chi connectivity index (χ0v) is 21.2. The van der Waals surface area contributed by atoms with Crippen LogP contribution in [0.5, 0.6) is 0 Å². The fourth-order valence-corrected chi connectivity index (χ4v) is 4.06. The molecule has 37 heavy (non-hydrogen) atoms. The predicted molar refractivity (Wildman–Crippen MR) is 142 cm³/mol. The fourth-order valence-electron chi connectivity index (χ4n) is 4.06. The standard InChI is InChI=1S/C27H33N5O5/c1-17(2)14-18-8-6-9-19-15-20(29-24(18)19)16-32-13-7-11-22(26(32)35)30-25(34)21(31-27(36)37-3)10-4-5-12-23(28)33/h5-9,11-13,15,17,21,29H,4,10,14,16H2,1-3H3,(H2,28,33)(H,30,34)(H,31,36). The van der Waals surface area contributed by atoms with Crippen LogP contribution in [0.15, 0.2) is 59.5 Å². The van der Waals surface area contributed by atoms with Gasteiger partial charge >= 0.3 is 6.09 Å². The number of amides is 3. The molecular weight excluding hydrogens is 474 g/mol. The molecule has 1 atom stereocenters. The number of nitrogens with one attached hydrogen (secondary N) is 3. The van der Waals surface area contributed by atoms with Crippen LogP contribution in [0.2, 0.25) is 0 Å². The molecule has 0 fully saturated rings. The lowest BCUT2D eigenvalue weighted by Crippen LogP contribution is -2.44. The second-order valence-electron chi connectivity index (χ2n) is 9.19. The van der Waals surface area contributed by atoms with Crippen molar-refractivity contribution < 1.29 is 19.1 Å². The van der Waals surface area contributed by atoms with Gasteiger partial charge in [0.15, 0.2) is 0 Å². The van der Waals surface area contributed by atoms with Gasteiger partial charge in [0.05, 0.1) is 13.7 Å². The van der Waals surface area contributed by atoms with Crippen molar-refractivity contribution in [3.05, 3.63) is 76.4 Å². The van der Waals surface area contributed by atoms with Gasteiger partial charge in [-0.3, -0.25) is 14.4 Å². The molecule has 2 aromatic heterocycles. The van der Waals surface area contributed by atoms with Gasteiger partial charge in [-0.25, -0.2) is 4.79 Å². The van der Waals surface area contributed by atoms with E-state index in [1.807, 2.05) is 18.2 Å². The minimum atomic E-state index is -0.994. The first-order valence-corrected chi connectivity index (χ1v) is 12.1. The van der Waals surface area contributed by atoms with E-state index in [1.54, 1.807) is 12.3 Å². The molecule has 1 aromatic carbocycles. The molecular formula is C27H33N5O5. The fraction of sp³-hybridized carbons (Fsp3) is 0.333. The van der Waals surface area contributed by atoms with Gasteiger partial charge in [-0.15, -0.1) is 0 Å². The summed E-state index contributed by atoms with van der Waals surface area (Å²) in [5.74, 6) is -0.688. The van der Waals surface area contributed by atoms with Crippen LogP contribution in [0.25, 0.3) is 10.9 Å². The number of anilines is 1. The number of fused-ring (bicyclic) bond motifs is 1. The number of aromatic amines is 1. The normalized spacial score (nSPS) is 12.1. The van der Waals surface area contributed by atoms with Crippen LogP contribution in [0, 0.1) is 5.92 Å². The summed E-state index contributed by atoms with van der Waals surface area (Å²) in [7, 11) is 1.18. The van der Waals surface area contributed by atoms with Gasteiger partial charge < -0.3 is 30.7 Å². The van der Waals surface area contributed by atoms with E-state index in [9.17, 15) is 19.2 Å². The number of carbonyl (C=O) groups is 3. The SMILES string of the molecule is COC(=O)NC(CCC=CC(N)=O)C(=O)Nc1cccn(Cc2cc3cccc(CC(C)C)c3[nH]2)c1=O. The van der Waals surface area contributed by atoms with Gasteiger partial charge in [-0.05, 0) is 60.4 Å². The van der Waals surface area contributed by atoms with Crippen molar-refractivity contribution in [1.29, 1.82) is 0 Å². The highest BCUT2D eigenvalue weighted by Gasteiger charge is 2.22. The molecule has 0 bridgehead atoms. The summed E-state index contributed by atoms with van der Waals surface area (Å²) >= 11 is 0. The van der Waals surface area contributed by atoms with Gasteiger partial charge in [0.2, 0.25) is 11.8 Å². The molecule has 5 N–H and O–H groups in total. The first-order valence-electron chi connectivity index (χ1n) is 12.1. The first kappa shape index (κ1) is 27.3. The number of primary amides is 1. The average molecular weight is 508 g/mol. The van der Waals surface area contributed by atoms with E-state index in [-0.39, 0.29) is 17.7 Å². The van der Waals surface area contributed by atoms with Crippen molar-refractivity contribution in [2.45, 2.75) is 45.7 Å². The summed E-state index contributed by atoms with van der Waals surface area (Å²) in [6.07, 6.45) is 4.95. The number of hydrogen-bond acceptors (Lipinski definition) is 5. The monoisotopic (exact) mass is 507 g/mol. The van der Waals surface area contributed by atoms with Gasteiger partial charge in [0, 0.05) is 17.4 Å². The third kappa shape index (κ3) is 7.57. The number of allylic oxidation sites excluding steroid dienone is 1. The Labute approximate surface area is 214 Å². The van der Waals surface area contributed by atoms with Crippen molar-refractivity contribution in [2.24, 2.45) is 11.7 Å². The number of pyridine rings is 1. The quantitative estimate of drug-likeness (QED) is 0.294. The zero-order chi connectivity index (χ0) is 26.9. The van der Waals surface area contributed by atoms with Crippen LogP contribution in [0.1, 0.15) is 37.9 Å². The molecule has 3 rings (SSSR count). The highest BCUT2D eigenvalue weighted by Crippen LogP contribution is 2.22. The Kier molecular flexibility index (Phi) is 9.26.